The van der Waals surface area contributed by atoms with Crippen molar-refractivity contribution >= 4 is 5.97 Å². The van der Waals surface area contributed by atoms with Crippen molar-refractivity contribution in [2.24, 2.45) is 0 Å². The molecule has 0 amide bonds. The van der Waals surface area contributed by atoms with Crippen LogP contribution in [0.3, 0.4) is 0 Å². The summed E-state index contributed by atoms with van der Waals surface area (Å²) in [5.41, 5.74) is 9.05. The van der Waals surface area contributed by atoms with Crippen molar-refractivity contribution in [3.8, 4) is 11.8 Å². The molecule has 1 aliphatic rings. The Balaban J connectivity index is 2.10. The van der Waals surface area contributed by atoms with Crippen molar-refractivity contribution in [3.63, 3.8) is 0 Å². The Hall–Kier alpha value is -2.53. The molecule has 128 valence electrons. The predicted octanol–water partition coefficient (Wildman–Crippen LogP) is 5.15. The average Bonchev–Trinajstić information content (AvgIpc) is 2.60. The second-order valence-corrected chi connectivity index (χ2v) is 7.07. The molecule has 1 atom stereocenters. The summed E-state index contributed by atoms with van der Waals surface area (Å²) < 4.78 is 0. The molecule has 1 aliphatic carbocycles. The van der Waals surface area contributed by atoms with Gasteiger partial charge >= 0.3 is 5.97 Å². The van der Waals surface area contributed by atoms with E-state index < -0.39 is 5.97 Å². The van der Waals surface area contributed by atoms with Gasteiger partial charge in [-0.1, -0.05) is 24.8 Å². The van der Waals surface area contributed by atoms with Gasteiger partial charge in [-0.15, -0.1) is 0 Å². The number of carboxylic acids is 1. The summed E-state index contributed by atoms with van der Waals surface area (Å²) in [7, 11) is 0. The first kappa shape index (κ1) is 17.3. The second-order valence-electron chi connectivity index (χ2n) is 7.07. The van der Waals surface area contributed by atoms with Crippen LogP contribution in [0.15, 0.2) is 24.3 Å². The van der Waals surface area contributed by atoms with Crippen molar-refractivity contribution in [1.82, 2.24) is 0 Å². The first-order valence-electron chi connectivity index (χ1n) is 8.88. The number of fused-ring (bicyclic) bond motifs is 1. The number of hydrogen-bond donors (Lipinski definition) is 1. The lowest BCUT2D eigenvalue weighted by Gasteiger charge is -2.28. The average molecular weight is 332 g/mol. The standard InChI is InChI=1S/C23H24O2/c1-14-7-5-10-21-17(4)20(15(2)16(3)22(14)21)12-11-18-8-6-9-19(13-18)23(24)25/h6,8-9,13-14H,5,7,10H2,1-4H3,(H,24,25). The zero-order valence-corrected chi connectivity index (χ0v) is 15.4. The van der Waals surface area contributed by atoms with E-state index in [1.807, 2.05) is 6.07 Å². The Kier molecular flexibility index (Phi) is 4.68. The highest BCUT2D eigenvalue weighted by Crippen LogP contribution is 2.38. The van der Waals surface area contributed by atoms with E-state index >= 15 is 0 Å². The predicted molar refractivity (Wildman–Crippen MR) is 101 cm³/mol. The van der Waals surface area contributed by atoms with Gasteiger partial charge in [0, 0.05) is 11.1 Å². The van der Waals surface area contributed by atoms with Crippen molar-refractivity contribution < 1.29 is 9.90 Å². The van der Waals surface area contributed by atoms with Gasteiger partial charge in [0.05, 0.1) is 5.56 Å². The molecule has 0 heterocycles. The van der Waals surface area contributed by atoms with Crippen LogP contribution in [0.25, 0.3) is 0 Å². The number of hydrogen-bond acceptors (Lipinski definition) is 1. The molecule has 2 aromatic rings. The zero-order chi connectivity index (χ0) is 18.1. The van der Waals surface area contributed by atoms with Gasteiger partial charge in [0.25, 0.3) is 0 Å². The molecule has 0 saturated carbocycles. The lowest BCUT2D eigenvalue weighted by molar-refractivity contribution is 0.0697. The third-order valence-electron chi connectivity index (χ3n) is 5.49. The van der Waals surface area contributed by atoms with E-state index in [9.17, 15) is 4.79 Å². The Bertz CT molecular complexity index is 910. The minimum atomic E-state index is -0.922. The summed E-state index contributed by atoms with van der Waals surface area (Å²) in [4.78, 5) is 11.1. The lowest BCUT2D eigenvalue weighted by atomic mass is 9.76. The van der Waals surface area contributed by atoms with Crippen LogP contribution in [-0.2, 0) is 6.42 Å². The van der Waals surface area contributed by atoms with Gasteiger partial charge in [0.2, 0.25) is 0 Å². The van der Waals surface area contributed by atoms with Crippen LogP contribution >= 0.6 is 0 Å². The molecule has 0 fully saturated rings. The van der Waals surface area contributed by atoms with Crippen LogP contribution < -0.4 is 0 Å². The number of carboxylic acid groups (broad SMARTS) is 1. The normalized spacial score (nSPS) is 15.9. The van der Waals surface area contributed by atoms with Crippen molar-refractivity contribution in [3.05, 3.63) is 68.8 Å². The molecular weight excluding hydrogens is 308 g/mol. The fourth-order valence-electron chi connectivity index (χ4n) is 4.02. The summed E-state index contributed by atoms with van der Waals surface area (Å²) in [6.45, 7) is 8.88. The molecular formula is C23H24O2. The second kappa shape index (κ2) is 6.76. The molecule has 1 N–H and O–H groups in total. The molecule has 2 heteroatoms. The van der Waals surface area contributed by atoms with Crippen LogP contribution in [0.2, 0.25) is 0 Å². The summed E-state index contributed by atoms with van der Waals surface area (Å²) >= 11 is 0. The van der Waals surface area contributed by atoms with E-state index in [0.717, 1.165) is 17.5 Å². The maximum atomic E-state index is 11.1. The molecule has 3 rings (SSSR count). The number of aromatic carboxylic acids is 1. The third-order valence-corrected chi connectivity index (χ3v) is 5.49. The highest BCUT2D eigenvalue weighted by molar-refractivity contribution is 5.88. The highest BCUT2D eigenvalue weighted by Gasteiger charge is 2.23. The van der Waals surface area contributed by atoms with E-state index in [-0.39, 0.29) is 5.56 Å². The molecule has 0 radical (unpaired) electrons. The summed E-state index contributed by atoms with van der Waals surface area (Å²) in [6.07, 6.45) is 3.64. The lowest BCUT2D eigenvalue weighted by Crippen LogP contribution is -2.13. The fraction of sp³-hybridized carbons (Fsp3) is 0.348. The summed E-state index contributed by atoms with van der Waals surface area (Å²) in [6, 6.07) is 6.83. The molecule has 0 bridgehead atoms. The fourth-order valence-corrected chi connectivity index (χ4v) is 4.02. The van der Waals surface area contributed by atoms with Gasteiger partial charge in [-0.05, 0) is 92.0 Å². The number of benzene rings is 2. The van der Waals surface area contributed by atoms with Crippen LogP contribution in [0.5, 0.6) is 0 Å². The quantitative estimate of drug-likeness (QED) is 0.733. The Morgan fingerprint density at radius 1 is 1.12 bits per heavy atom. The number of carbonyl (C=O) groups is 1. The Morgan fingerprint density at radius 3 is 2.60 bits per heavy atom. The zero-order valence-electron chi connectivity index (χ0n) is 15.4. The molecule has 2 nitrogen and oxygen atoms in total. The topological polar surface area (TPSA) is 37.3 Å². The van der Waals surface area contributed by atoms with E-state index in [4.69, 9.17) is 5.11 Å². The van der Waals surface area contributed by atoms with Crippen LogP contribution in [-0.4, -0.2) is 11.1 Å². The molecule has 25 heavy (non-hydrogen) atoms. The van der Waals surface area contributed by atoms with Gasteiger partial charge in [-0.25, -0.2) is 4.79 Å². The largest absolute Gasteiger partial charge is 0.478 e. The van der Waals surface area contributed by atoms with Gasteiger partial charge < -0.3 is 5.11 Å². The molecule has 0 aromatic heterocycles. The molecule has 0 aliphatic heterocycles. The van der Waals surface area contributed by atoms with Crippen LogP contribution in [0.4, 0.5) is 0 Å². The van der Waals surface area contributed by atoms with Gasteiger partial charge in [-0.2, -0.15) is 0 Å². The minimum absolute atomic E-state index is 0.274. The van der Waals surface area contributed by atoms with Gasteiger partial charge in [0.15, 0.2) is 0 Å². The maximum Gasteiger partial charge on any atom is 0.335 e. The SMILES string of the molecule is Cc1c(C)c2c(c(C)c1C#Cc1cccc(C(=O)O)c1)CCCC2C. The third kappa shape index (κ3) is 3.20. The smallest absolute Gasteiger partial charge is 0.335 e. The van der Waals surface area contributed by atoms with E-state index in [0.29, 0.717) is 5.92 Å². The highest BCUT2D eigenvalue weighted by atomic mass is 16.4. The van der Waals surface area contributed by atoms with E-state index in [1.54, 1.807) is 18.2 Å². The van der Waals surface area contributed by atoms with Gasteiger partial charge in [0.1, 0.15) is 0 Å². The van der Waals surface area contributed by atoms with E-state index in [2.05, 4.69) is 39.5 Å². The summed E-state index contributed by atoms with van der Waals surface area (Å²) in [5, 5.41) is 9.13. The first-order chi connectivity index (χ1) is 11.9. The molecule has 2 aromatic carbocycles. The Labute approximate surface area is 149 Å². The van der Waals surface area contributed by atoms with E-state index in [1.165, 1.54) is 40.7 Å². The van der Waals surface area contributed by atoms with Crippen LogP contribution in [0, 0.1) is 32.6 Å². The molecule has 0 spiro atoms. The number of rotatable bonds is 1. The monoisotopic (exact) mass is 332 g/mol. The molecule has 0 saturated heterocycles. The van der Waals surface area contributed by atoms with Gasteiger partial charge in [-0.3, -0.25) is 0 Å². The molecule has 1 unspecified atom stereocenters. The first-order valence-corrected chi connectivity index (χ1v) is 8.88. The minimum Gasteiger partial charge on any atom is -0.478 e. The van der Waals surface area contributed by atoms with Crippen LogP contribution in [0.1, 0.15) is 75.0 Å². The maximum absolute atomic E-state index is 11.1. The van der Waals surface area contributed by atoms with Crippen molar-refractivity contribution in [2.45, 2.75) is 52.9 Å². The Morgan fingerprint density at radius 2 is 1.88 bits per heavy atom. The summed E-state index contributed by atoms with van der Waals surface area (Å²) in [5.74, 6) is 6.20. The van der Waals surface area contributed by atoms with Crippen molar-refractivity contribution in [1.29, 1.82) is 0 Å². The van der Waals surface area contributed by atoms with Crippen molar-refractivity contribution in [2.75, 3.05) is 0 Å².